The zero-order chi connectivity index (χ0) is 26.4. The summed E-state index contributed by atoms with van der Waals surface area (Å²) in [6.45, 7) is 7.66. The van der Waals surface area contributed by atoms with Crippen LogP contribution in [-0.4, -0.2) is 23.0 Å². The number of ether oxygens (including phenoxy) is 1. The zero-order valence-corrected chi connectivity index (χ0v) is 21.9. The number of hydrogen-bond donors (Lipinski definition) is 2. The molecule has 5 rings (SSSR count). The summed E-state index contributed by atoms with van der Waals surface area (Å²) < 4.78 is 11.4. The van der Waals surface area contributed by atoms with Gasteiger partial charge in [0.2, 0.25) is 0 Å². The predicted molar refractivity (Wildman–Crippen MR) is 147 cm³/mol. The molecule has 0 aliphatic heterocycles. The van der Waals surface area contributed by atoms with Crippen molar-refractivity contribution in [3.8, 4) is 11.3 Å². The van der Waals surface area contributed by atoms with E-state index in [9.17, 15) is 9.59 Å². The van der Waals surface area contributed by atoms with Crippen LogP contribution in [0.25, 0.3) is 33.2 Å². The predicted octanol–water partition coefficient (Wildman–Crippen LogP) is 6.87. The average Bonchev–Trinajstić information content (AvgIpc) is 3.25. The molecule has 5 aromatic rings. The van der Waals surface area contributed by atoms with E-state index in [1.165, 1.54) is 7.11 Å². The summed E-state index contributed by atoms with van der Waals surface area (Å²) in [7, 11) is 1.29. The normalized spacial score (nSPS) is 12.2. The summed E-state index contributed by atoms with van der Waals surface area (Å²) in [5.41, 5.74) is 6.09. The Hall–Kier alpha value is -4.10. The van der Waals surface area contributed by atoms with Gasteiger partial charge in [0.1, 0.15) is 16.5 Å². The number of pyridine rings is 1. The molecular weight excluding hydrogens is 490 g/mol. The first-order valence-corrected chi connectivity index (χ1v) is 12.2. The lowest BCUT2D eigenvalue weighted by Crippen LogP contribution is -2.15. The smallest absolute Gasteiger partial charge is 0.358 e. The molecule has 0 bridgehead atoms. The largest absolute Gasteiger partial charge is 0.464 e. The number of fused-ring (bicyclic) bond motifs is 2. The van der Waals surface area contributed by atoms with Crippen molar-refractivity contribution >= 4 is 45.1 Å². The third-order valence-corrected chi connectivity index (χ3v) is 6.70. The standard InChI is InChI=1S/C29H26ClN3O4/c1-14-10-20(17(4)32-23-8-9-24(30)33-25(23)29(35)36-5)28-21(11-14)26(34)16(3)27(37-28)18-6-7-22-19(13-18)12-15(2)31-22/h6-13,17,31-32H,1-5H3. The van der Waals surface area contributed by atoms with Crippen LogP contribution in [0.4, 0.5) is 5.69 Å². The van der Waals surface area contributed by atoms with Crippen molar-refractivity contribution in [2.24, 2.45) is 0 Å². The van der Waals surface area contributed by atoms with E-state index in [1.807, 2.05) is 51.1 Å². The number of halogens is 1. The van der Waals surface area contributed by atoms with Crippen molar-refractivity contribution in [2.75, 3.05) is 12.4 Å². The van der Waals surface area contributed by atoms with E-state index in [-0.39, 0.29) is 22.3 Å². The Kier molecular flexibility index (Phi) is 6.25. The number of benzene rings is 2. The molecule has 1 unspecified atom stereocenters. The monoisotopic (exact) mass is 515 g/mol. The molecule has 2 N–H and O–H groups in total. The first-order chi connectivity index (χ1) is 17.7. The lowest BCUT2D eigenvalue weighted by atomic mass is 9.98. The van der Waals surface area contributed by atoms with E-state index in [2.05, 4.69) is 21.4 Å². The second kappa shape index (κ2) is 9.41. The van der Waals surface area contributed by atoms with Crippen LogP contribution < -0.4 is 10.7 Å². The van der Waals surface area contributed by atoms with E-state index >= 15 is 0 Å². The molecule has 0 radical (unpaired) electrons. The molecule has 0 aliphatic carbocycles. The van der Waals surface area contributed by atoms with Crippen LogP contribution in [0.3, 0.4) is 0 Å². The topological polar surface area (TPSA) is 97.2 Å². The number of carbonyl (C=O) groups excluding carboxylic acids is 1. The Morgan fingerprint density at radius 2 is 1.89 bits per heavy atom. The van der Waals surface area contributed by atoms with Gasteiger partial charge in [0.05, 0.1) is 24.2 Å². The molecule has 0 fully saturated rings. The molecule has 8 heteroatoms. The number of methoxy groups -OCH3 is 1. The fraction of sp³-hybridized carbons (Fsp3) is 0.207. The van der Waals surface area contributed by atoms with Crippen molar-refractivity contribution in [2.45, 2.75) is 33.7 Å². The highest BCUT2D eigenvalue weighted by molar-refractivity contribution is 6.29. The molecule has 2 aromatic carbocycles. The number of carbonyl (C=O) groups is 1. The van der Waals surface area contributed by atoms with Crippen molar-refractivity contribution in [3.05, 3.63) is 92.0 Å². The lowest BCUT2D eigenvalue weighted by molar-refractivity contribution is 0.0595. The van der Waals surface area contributed by atoms with Crippen LogP contribution in [0.5, 0.6) is 0 Å². The van der Waals surface area contributed by atoms with Gasteiger partial charge >= 0.3 is 5.97 Å². The number of esters is 1. The fourth-order valence-electron chi connectivity index (χ4n) is 4.70. The van der Waals surface area contributed by atoms with E-state index in [1.54, 1.807) is 19.1 Å². The summed E-state index contributed by atoms with van der Waals surface area (Å²) in [5.74, 6) is -0.0786. The molecule has 0 aliphatic rings. The first kappa shape index (κ1) is 24.6. The van der Waals surface area contributed by atoms with Crippen LogP contribution >= 0.6 is 11.6 Å². The fourth-order valence-corrected chi connectivity index (χ4v) is 4.85. The van der Waals surface area contributed by atoms with Crippen molar-refractivity contribution in [1.29, 1.82) is 0 Å². The Morgan fingerprint density at radius 3 is 2.65 bits per heavy atom. The van der Waals surface area contributed by atoms with E-state index in [4.69, 9.17) is 20.8 Å². The Balaban J connectivity index is 1.66. The second-order valence-electron chi connectivity index (χ2n) is 9.26. The van der Waals surface area contributed by atoms with Gasteiger partial charge in [-0.15, -0.1) is 0 Å². The maximum atomic E-state index is 13.5. The number of nitrogens with zero attached hydrogens (tertiary/aromatic N) is 1. The van der Waals surface area contributed by atoms with Gasteiger partial charge in [0.25, 0.3) is 0 Å². The summed E-state index contributed by atoms with van der Waals surface area (Å²) in [5, 5.41) is 5.05. The SMILES string of the molecule is COC(=O)c1nc(Cl)ccc1NC(C)c1cc(C)cc2c(=O)c(C)c(-c3ccc4[nH]c(C)cc4c3)oc12. The number of rotatable bonds is 5. The van der Waals surface area contributed by atoms with E-state index < -0.39 is 5.97 Å². The summed E-state index contributed by atoms with van der Waals surface area (Å²) in [6, 6.07) is 14.8. The number of H-pyrrole nitrogens is 1. The number of aromatic nitrogens is 2. The highest BCUT2D eigenvalue weighted by Crippen LogP contribution is 2.34. The van der Waals surface area contributed by atoms with Crippen LogP contribution in [-0.2, 0) is 4.74 Å². The van der Waals surface area contributed by atoms with Gasteiger partial charge in [0.15, 0.2) is 11.1 Å². The lowest BCUT2D eigenvalue weighted by Gasteiger charge is -2.20. The Labute approximate surface area is 218 Å². The molecular formula is C29H26ClN3O4. The average molecular weight is 516 g/mol. The molecule has 0 spiro atoms. The molecule has 0 saturated heterocycles. The van der Waals surface area contributed by atoms with Gasteiger partial charge in [-0.05, 0) is 75.7 Å². The molecule has 37 heavy (non-hydrogen) atoms. The van der Waals surface area contributed by atoms with Crippen molar-refractivity contribution in [3.63, 3.8) is 0 Å². The highest BCUT2D eigenvalue weighted by atomic mass is 35.5. The van der Waals surface area contributed by atoms with Crippen molar-refractivity contribution in [1.82, 2.24) is 9.97 Å². The Morgan fingerprint density at radius 1 is 1.11 bits per heavy atom. The maximum absolute atomic E-state index is 13.5. The van der Waals surface area contributed by atoms with Crippen LogP contribution in [0, 0.1) is 20.8 Å². The maximum Gasteiger partial charge on any atom is 0.358 e. The van der Waals surface area contributed by atoms with Gasteiger partial charge in [-0.1, -0.05) is 17.7 Å². The number of aryl methyl sites for hydroxylation is 2. The third-order valence-electron chi connectivity index (χ3n) is 6.49. The number of aromatic amines is 1. The number of anilines is 1. The third kappa shape index (κ3) is 4.47. The molecule has 7 nitrogen and oxygen atoms in total. The minimum Gasteiger partial charge on any atom is -0.464 e. The van der Waals surface area contributed by atoms with Gasteiger partial charge in [0, 0.05) is 33.3 Å². The van der Waals surface area contributed by atoms with Crippen LogP contribution in [0.2, 0.25) is 5.15 Å². The summed E-state index contributed by atoms with van der Waals surface area (Å²) in [4.78, 5) is 33.3. The van der Waals surface area contributed by atoms with E-state index in [0.717, 1.165) is 33.3 Å². The van der Waals surface area contributed by atoms with Gasteiger partial charge in [-0.3, -0.25) is 4.79 Å². The van der Waals surface area contributed by atoms with Gasteiger partial charge in [-0.2, -0.15) is 0 Å². The van der Waals surface area contributed by atoms with Gasteiger partial charge in [-0.25, -0.2) is 9.78 Å². The minimum absolute atomic E-state index is 0.0758. The molecule has 0 saturated carbocycles. The first-order valence-electron chi connectivity index (χ1n) is 11.9. The highest BCUT2D eigenvalue weighted by Gasteiger charge is 2.21. The number of hydrogen-bond acceptors (Lipinski definition) is 6. The Bertz CT molecular complexity index is 1750. The second-order valence-corrected chi connectivity index (χ2v) is 9.65. The van der Waals surface area contributed by atoms with Gasteiger partial charge < -0.3 is 19.5 Å². The molecule has 188 valence electrons. The molecule has 0 amide bonds. The summed E-state index contributed by atoms with van der Waals surface area (Å²) in [6.07, 6.45) is 0. The van der Waals surface area contributed by atoms with Crippen LogP contribution in [0.1, 0.15) is 45.8 Å². The van der Waals surface area contributed by atoms with E-state index in [0.29, 0.717) is 28.0 Å². The summed E-state index contributed by atoms with van der Waals surface area (Å²) >= 11 is 6.02. The zero-order valence-electron chi connectivity index (χ0n) is 21.2. The van der Waals surface area contributed by atoms with Crippen molar-refractivity contribution < 1.29 is 13.9 Å². The molecule has 3 aromatic heterocycles. The minimum atomic E-state index is -0.605. The quantitative estimate of drug-likeness (QED) is 0.196. The number of nitrogens with one attached hydrogen (secondary N) is 2. The molecule has 3 heterocycles. The molecule has 1 atom stereocenters. The van der Waals surface area contributed by atoms with Crippen LogP contribution in [0.15, 0.2) is 57.7 Å².